The molecule has 3 aromatic carbocycles. The van der Waals surface area contributed by atoms with Crippen LogP contribution >= 0.6 is 11.6 Å². The van der Waals surface area contributed by atoms with Gasteiger partial charge in [-0.05, 0) is 61.6 Å². The lowest BCUT2D eigenvalue weighted by Gasteiger charge is -2.35. The largest absolute Gasteiger partial charge is 0.573 e. The SMILES string of the molecule is COc1cc(NC2CC(C(C)=O)C2)cc(NC(C(=O)N2CCc3ccc(OC(F)(F)F)cc32)c2ccc(Cl)cc2)c1. The number of nitrogens with zero attached hydrogens (tertiary/aromatic N) is 1. The van der Waals surface area contributed by atoms with Crippen LogP contribution in [0, 0.1) is 5.92 Å². The Morgan fingerprint density at radius 2 is 1.71 bits per heavy atom. The normalized spacial score (nSPS) is 18.6. The number of methoxy groups -OCH3 is 1. The van der Waals surface area contributed by atoms with Gasteiger partial charge in [0, 0.05) is 53.1 Å². The van der Waals surface area contributed by atoms with E-state index in [1.54, 1.807) is 50.4 Å². The molecule has 1 heterocycles. The molecule has 1 aliphatic heterocycles. The summed E-state index contributed by atoms with van der Waals surface area (Å²) in [6, 6.07) is 15.5. The van der Waals surface area contributed by atoms with Gasteiger partial charge < -0.3 is 25.0 Å². The third-order valence-corrected chi connectivity index (χ3v) is 7.69. The fourth-order valence-electron chi connectivity index (χ4n) is 5.24. The first kappa shape index (κ1) is 28.6. The number of hydrogen-bond donors (Lipinski definition) is 2. The molecule has 1 fully saturated rings. The van der Waals surface area contributed by atoms with Crippen molar-refractivity contribution in [2.24, 2.45) is 5.92 Å². The van der Waals surface area contributed by atoms with Crippen LogP contribution in [0.4, 0.5) is 30.2 Å². The van der Waals surface area contributed by atoms with Gasteiger partial charge in [-0.3, -0.25) is 9.59 Å². The van der Waals surface area contributed by atoms with Gasteiger partial charge in [0.15, 0.2) is 0 Å². The Morgan fingerprint density at radius 1 is 1.00 bits per heavy atom. The summed E-state index contributed by atoms with van der Waals surface area (Å²) < 4.78 is 48.2. The lowest BCUT2D eigenvalue weighted by molar-refractivity contribution is -0.274. The molecule has 216 valence electrons. The number of rotatable bonds is 9. The molecule has 41 heavy (non-hydrogen) atoms. The van der Waals surface area contributed by atoms with Crippen LogP contribution in [0.2, 0.25) is 5.02 Å². The van der Waals surface area contributed by atoms with Gasteiger partial charge in [-0.1, -0.05) is 29.8 Å². The van der Waals surface area contributed by atoms with E-state index < -0.39 is 18.2 Å². The molecule has 0 spiro atoms. The summed E-state index contributed by atoms with van der Waals surface area (Å²) in [4.78, 5) is 27.2. The van der Waals surface area contributed by atoms with Crippen LogP contribution in [-0.4, -0.2) is 37.7 Å². The number of hydrogen-bond acceptors (Lipinski definition) is 6. The maximum Gasteiger partial charge on any atom is 0.573 e. The second kappa shape index (κ2) is 11.5. The minimum atomic E-state index is -4.85. The molecule has 1 aliphatic carbocycles. The zero-order valence-electron chi connectivity index (χ0n) is 22.4. The minimum absolute atomic E-state index is 0.0630. The van der Waals surface area contributed by atoms with Gasteiger partial charge in [-0.25, -0.2) is 0 Å². The standard InChI is InChI=1S/C30H29ClF3N3O4/c1-17(38)20-11-22(12-20)35-23-13-24(15-26(14-23)40-2)36-28(19-3-6-21(31)7-4-19)29(39)37-10-9-18-5-8-25(16-27(18)37)41-30(32,33)34/h3-8,13-16,20,22,28,35-36H,9-12H2,1-2H3. The maximum atomic E-state index is 14.1. The molecule has 1 atom stereocenters. The molecule has 1 saturated carbocycles. The lowest BCUT2D eigenvalue weighted by atomic mass is 9.78. The van der Waals surface area contributed by atoms with Crippen LogP contribution in [0.25, 0.3) is 0 Å². The van der Waals surface area contributed by atoms with Crippen molar-refractivity contribution in [2.75, 3.05) is 29.2 Å². The molecular formula is C30H29ClF3N3O4. The van der Waals surface area contributed by atoms with Gasteiger partial charge >= 0.3 is 6.36 Å². The van der Waals surface area contributed by atoms with E-state index in [2.05, 4.69) is 15.4 Å². The van der Waals surface area contributed by atoms with Crippen LogP contribution in [0.5, 0.6) is 11.5 Å². The Morgan fingerprint density at radius 3 is 2.37 bits per heavy atom. The second-order valence-corrected chi connectivity index (χ2v) is 10.7. The molecule has 2 N–H and O–H groups in total. The number of ether oxygens (including phenoxy) is 2. The number of halogens is 4. The highest BCUT2D eigenvalue weighted by Crippen LogP contribution is 2.38. The van der Waals surface area contributed by atoms with Gasteiger partial charge in [0.2, 0.25) is 0 Å². The molecule has 1 amide bonds. The van der Waals surface area contributed by atoms with Crippen molar-refractivity contribution in [3.05, 3.63) is 76.8 Å². The van der Waals surface area contributed by atoms with Crippen LogP contribution < -0.4 is 25.0 Å². The second-order valence-electron chi connectivity index (χ2n) is 10.3. The molecule has 0 saturated heterocycles. The monoisotopic (exact) mass is 587 g/mol. The third kappa shape index (κ3) is 6.70. The van der Waals surface area contributed by atoms with E-state index in [1.165, 1.54) is 17.0 Å². The van der Waals surface area contributed by atoms with Crippen LogP contribution in [0.3, 0.4) is 0 Å². The first-order valence-electron chi connectivity index (χ1n) is 13.2. The van der Waals surface area contributed by atoms with Crippen molar-refractivity contribution >= 4 is 40.4 Å². The Bertz CT molecular complexity index is 1440. The first-order valence-corrected chi connectivity index (χ1v) is 13.5. The molecule has 0 radical (unpaired) electrons. The van der Waals surface area contributed by atoms with Gasteiger partial charge in [0.1, 0.15) is 23.3 Å². The van der Waals surface area contributed by atoms with E-state index in [0.717, 1.165) is 24.1 Å². The summed E-state index contributed by atoms with van der Waals surface area (Å²) in [6.45, 7) is 1.91. The Hall–Kier alpha value is -3.92. The Labute approximate surface area is 240 Å². The summed E-state index contributed by atoms with van der Waals surface area (Å²) >= 11 is 6.11. The molecule has 0 aromatic heterocycles. The van der Waals surface area contributed by atoms with Crippen molar-refractivity contribution in [1.29, 1.82) is 0 Å². The summed E-state index contributed by atoms with van der Waals surface area (Å²) in [7, 11) is 1.54. The number of amides is 1. The smallest absolute Gasteiger partial charge is 0.497 e. The summed E-state index contributed by atoms with van der Waals surface area (Å²) in [5, 5.41) is 7.23. The first-order chi connectivity index (χ1) is 19.5. The number of carbonyl (C=O) groups excluding carboxylic acids is 2. The van der Waals surface area contributed by atoms with Crippen molar-refractivity contribution in [1.82, 2.24) is 0 Å². The van der Waals surface area contributed by atoms with E-state index in [-0.39, 0.29) is 23.7 Å². The number of carbonyl (C=O) groups is 2. The highest BCUT2D eigenvalue weighted by Gasteiger charge is 2.35. The molecule has 0 bridgehead atoms. The van der Waals surface area contributed by atoms with E-state index >= 15 is 0 Å². The molecule has 2 aliphatic rings. The Kier molecular flexibility index (Phi) is 8.04. The quantitative estimate of drug-likeness (QED) is 0.288. The van der Waals surface area contributed by atoms with Gasteiger partial charge in [-0.2, -0.15) is 0 Å². The van der Waals surface area contributed by atoms with Crippen LogP contribution in [0.1, 0.15) is 36.9 Å². The van der Waals surface area contributed by atoms with Crippen molar-refractivity contribution in [3.8, 4) is 11.5 Å². The molecule has 7 nitrogen and oxygen atoms in total. The van der Waals surface area contributed by atoms with Crippen LogP contribution in [-0.2, 0) is 16.0 Å². The van der Waals surface area contributed by atoms with Crippen LogP contribution in [0.15, 0.2) is 60.7 Å². The number of benzene rings is 3. The van der Waals surface area contributed by atoms with Gasteiger partial charge in [0.25, 0.3) is 5.91 Å². The highest BCUT2D eigenvalue weighted by molar-refractivity contribution is 6.30. The number of fused-ring (bicyclic) bond motifs is 1. The van der Waals surface area contributed by atoms with Crippen molar-refractivity contribution in [2.45, 2.75) is 44.6 Å². The Balaban J connectivity index is 1.43. The maximum absolute atomic E-state index is 14.1. The van der Waals surface area contributed by atoms with E-state index in [1.807, 2.05) is 12.1 Å². The molecule has 3 aromatic rings. The van der Waals surface area contributed by atoms with Crippen molar-refractivity contribution < 1.29 is 32.2 Å². The molecule has 5 rings (SSSR count). The predicted molar refractivity (Wildman–Crippen MR) is 151 cm³/mol. The zero-order chi connectivity index (χ0) is 29.3. The summed E-state index contributed by atoms with van der Waals surface area (Å²) in [5.74, 6) is 0.0611. The fourth-order valence-corrected chi connectivity index (χ4v) is 5.36. The number of alkyl halides is 3. The molecular weight excluding hydrogens is 559 g/mol. The number of ketones is 1. The highest BCUT2D eigenvalue weighted by atomic mass is 35.5. The van der Waals surface area contributed by atoms with E-state index in [9.17, 15) is 22.8 Å². The topological polar surface area (TPSA) is 79.9 Å². The summed E-state index contributed by atoms with van der Waals surface area (Å²) in [5.41, 5.74) is 3.10. The molecule has 11 heteroatoms. The summed E-state index contributed by atoms with van der Waals surface area (Å²) in [6.07, 6.45) is -2.86. The number of anilines is 3. The minimum Gasteiger partial charge on any atom is -0.497 e. The fraction of sp³-hybridized carbons (Fsp3) is 0.333. The third-order valence-electron chi connectivity index (χ3n) is 7.44. The number of nitrogens with one attached hydrogen (secondary N) is 2. The predicted octanol–water partition coefficient (Wildman–Crippen LogP) is 6.77. The molecule has 1 unspecified atom stereocenters. The van der Waals surface area contributed by atoms with Crippen molar-refractivity contribution in [3.63, 3.8) is 0 Å². The van der Waals surface area contributed by atoms with Gasteiger partial charge in [-0.15, -0.1) is 13.2 Å². The lowest BCUT2D eigenvalue weighted by Crippen LogP contribution is -2.38. The van der Waals surface area contributed by atoms with E-state index in [0.29, 0.717) is 40.7 Å². The average Bonchev–Trinajstić information content (AvgIpc) is 3.31. The van der Waals surface area contributed by atoms with Gasteiger partial charge in [0.05, 0.1) is 12.8 Å². The van der Waals surface area contributed by atoms with E-state index in [4.69, 9.17) is 16.3 Å². The zero-order valence-corrected chi connectivity index (χ0v) is 23.2. The average molecular weight is 588 g/mol. The number of Topliss-reactive ketones (excluding diaryl/α,β-unsaturated/α-hetero) is 1.